The lowest BCUT2D eigenvalue weighted by molar-refractivity contribution is -0.116. The second kappa shape index (κ2) is 7.83. The van der Waals surface area contributed by atoms with Crippen molar-refractivity contribution in [1.29, 1.82) is 0 Å². The van der Waals surface area contributed by atoms with E-state index in [0.717, 1.165) is 5.56 Å². The molecular weight excluding hydrogens is 358 g/mol. The van der Waals surface area contributed by atoms with E-state index in [-0.39, 0.29) is 12.5 Å². The van der Waals surface area contributed by atoms with E-state index in [1.165, 1.54) is 11.8 Å². The number of benzene rings is 2. The molecule has 8 nitrogen and oxygen atoms in total. The van der Waals surface area contributed by atoms with E-state index in [2.05, 4.69) is 20.8 Å². The number of anilines is 1. The Morgan fingerprint density at radius 1 is 1.15 bits per heavy atom. The Morgan fingerprint density at radius 2 is 1.92 bits per heavy atom. The zero-order valence-corrected chi connectivity index (χ0v) is 14.9. The molecule has 9 heteroatoms. The molecule has 0 aliphatic rings. The number of nitrogens with one attached hydrogen (secondary N) is 1. The molecule has 0 saturated heterocycles. The predicted molar refractivity (Wildman–Crippen MR) is 96.4 cm³/mol. The Hall–Kier alpha value is -3.13. The molecular formula is C17H16ClN5O3. The highest BCUT2D eigenvalue weighted by Crippen LogP contribution is 2.29. The van der Waals surface area contributed by atoms with Crippen LogP contribution in [0.4, 0.5) is 5.69 Å². The van der Waals surface area contributed by atoms with Gasteiger partial charge in [-0.15, -0.1) is 5.10 Å². The molecule has 0 bridgehead atoms. The summed E-state index contributed by atoms with van der Waals surface area (Å²) in [4.78, 5) is 12.4. The van der Waals surface area contributed by atoms with Crippen LogP contribution < -0.4 is 14.8 Å². The van der Waals surface area contributed by atoms with Gasteiger partial charge in [0.1, 0.15) is 18.0 Å². The molecule has 3 rings (SSSR count). The minimum Gasteiger partial charge on any atom is -0.497 e. The van der Waals surface area contributed by atoms with E-state index in [1.54, 1.807) is 49.6 Å². The number of aromatic nitrogens is 4. The van der Waals surface area contributed by atoms with Crippen molar-refractivity contribution in [1.82, 2.24) is 20.2 Å². The van der Waals surface area contributed by atoms with Gasteiger partial charge in [-0.1, -0.05) is 11.6 Å². The molecule has 0 aliphatic carbocycles. The Labute approximate surface area is 154 Å². The lowest BCUT2D eigenvalue weighted by atomic mass is 10.2. The van der Waals surface area contributed by atoms with Gasteiger partial charge in [-0.05, 0) is 46.8 Å². The summed E-state index contributed by atoms with van der Waals surface area (Å²) < 4.78 is 11.8. The van der Waals surface area contributed by atoms with Crippen LogP contribution in [0.1, 0.15) is 0 Å². The number of amides is 1. The van der Waals surface area contributed by atoms with E-state index >= 15 is 0 Å². The van der Waals surface area contributed by atoms with Crippen molar-refractivity contribution in [3.63, 3.8) is 0 Å². The van der Waals surface area contributed by atoms with Crippen LogP contribution in [-0.4, -0.2) is 40.3 Å². The first-order chi connectivity index (χ1) is 12.6. The smallest absolute Gasteiger partial charge is 0.246 e. The molecule has 1 aromatic heterocycles. The second-order valence-electron chi connectivity index (χ2n) is 5.28. The van der Waals surface area contributed by atoms with Gasteiger partial charge >= 0.3 is 0 Å². The Morgan fingerprint density at radius 3 is 2.62 bits per heavy atom. The number of ether oxygens (including phenoxy) is 2. The van der Waals surface area contributed by atoms with Gasteiger partial charge in [0.15, 0.2) is 5.82 Å². The van der Waals surface area contributed by atoms with Crippen LogP contribution in [0.15, 0.2) is 42.5 Å². The van der Waals surface area contributed by atoms with Crippen molar-refractivity contribution in [2.45, 2.75) is 6.54 Å². The normalized spacial score (nSPS) is 10.4. The number of halogens is 1. The number of nitrogens with zero attached hydrogens (tertiary/aromatic N) is 4. The lowest BCUT2D eigenvalue weighted by Crippen LogP contribution is -2.20. The van der Waals surface area contributed by atoms with Crippen molar-refractivity contribution >= 4 is 23.2 Å². The quantitative estimate of drug-likeness (QED) is 0.714. The number of rotatable bonds is 6. The first kappa shape index (κ1) is 17.7. The number of methoxy groups -OCH3 is 2. The fourth-order valence-corrected chi connectivity index (χ4v) is 2.48. The second-order valence-corrected chi connectivity index (χ2v) is 5.72. The van der Waals surface area contributed by atoms with Gasteiger partial charge in [0.2, 0.25) is 5.91 Å². The van der Waals surface area contributed by atoms with Gasteiger partial charge in [-0.2, -0.15) is 0 Å². The molecule has 0 saturated carbocycles. The monoisotopic (exact) mass is 373 g/mol. The van der Waals surface area contributed by atoms with E-state index in [0.29, 0.717) is 28.0 Å². The van der Waals surface area contributed by atoms with E-state index in [1.807, 2.05) is 0 Å². The first-order valence-corrected chi connectivity index (χ1v) is 8.02. The Kier molecular flexibility index (Phi) is 5.33. The zero-order chi connectivity index (χ0) is 18.5. The van der Waals surface area contributed by atoms with Gasteiger partial charge in [0, 0.05) is 16.7 Å². The van der Waals surface area contributed by atoms with Crippen LogP contribution in [0.5, 0.6) is 11.5 Å². The third-order valence-corrected chi connectivity index (χ3v) is 3.86. The molecule has 26 heavy (non-hydrogen) atoms. The molecule has 2 aromatic carbocycles. The number of hydrogen-bond acceptors (Lipinski definition) is 6. The summed E-state index contributed by atoms with van der Waals surface area (Å²) in [6.45, 7) is -0.0642. The van der Waals surface area contributed by atoms with Gasteiger partial charge < -0.3 is 14.8 Å². The van der Waals surface area contributed by atoms with Crippen LogP contribution in [0.3, 0.4) is 0 Å². The largest absolute Gasteiger partial charge is 0.497 e. The lowest BCUT2D eigenvalue weighted by Gasteiger charge is -2.12. The standard InChI is InChI=1S/C17H16ClN5O3/c1-25-13-7-8-15(26-2)14(9-13)19-16(24)10-23-17(20-21-22-23)11-3-5-12(18)6-4-11/h3-9H,10H2,1-2H3,(H,19,24). The topological polar surface area (TPSA) is 91.2 Å². The minimum absolute atomic E-state index is 0.0642. The maximum atomic E-state index is 12.4. The van der Waals surface area contributed by atoms with Crippen molar-refractivity contribution < 1.29 is 14.3 Å². The molecule has 0 radical (unpaired) electrons. The number of carbonyl (C=O) groups excluding carboxylic acids is 1. The Balaban J connectivity index is 1.78. The summed E-state index contributed by atoms with van der Waals surface area (Å²) >= 11 is 5.90. The molecule has 0 unspecified atom stereocenters. The van der Waals surface area contributed by atoms with Crippen molar-refractivity contribution in [2.24, 2.45) is 0 Å². The maximum Gasteiger partial charge on any atom is 0.246 e. The van der Waals surface area contributed by atoms with Crippen LogP contribution in [0.2, 0.25) is 5.02 Å². The van der Waals surface area contributed by atoms with Crippen LogP contribution in [-0.2, 0) is 11.3 Å². The minimum atomic E-state index is -0.306. The highest BCUT2D eigenvalue weighted by molar-refractivity contribution is 6.30. The summed E-state index contributed by atoms with van der Waals surface area (Å²) in [6.07, 6.45) is 0. The van der Waals surface area contributed by atoms with E-state index < -0.39 is 0 Å². The SMILES string of the molecule is COc1ccc(OC)c(NC(=O)Cn2nnnc2-c2ccc(Cl)cc2)c1. The molecule has 0 fully saturated rings. The fraction of sp³-hybridized carbons (Fsp3) is 0.176. The number of tetrazole rings is 1. The predicted octanol–water partition coefficient (Wildman–Crippen LogP) is 2.65. The third-order valence-electron chi connectivity index (χ3n) is 3.61. The fourth-order valence-electron chi connectivity index (χ4n) is 2.35. The van der Waals surface area contributed by atoms with Crippen LogP contribution >= 0.6 is 11.6 Å². The number of carbonyl (C=O) groups is 1. The van der Waals surface area contributed by atoms with Gasteiger partial charge in [0.25, 0.3) is 0 Å². The van der Waals surface area contributed by atoms with Gasteiger partial charge in [0.05, 0.1) is 19.9 Å². The highest BCUT2D eigenvalue weighted by Gasteiger charge is 2.14. The van der Waals surface area contributed by atoms with Crippen molar-refractivity contribution in [3.8, 4) is 22.9 Å². The molecule has 1 heterocycles. The summed E-state index contributed by atoms with van der Waals surface area (Å²) in [5.41, 5.74) is 1.25. The Bertz CT molecular complexity index is 911. The molecule has 0 aliphatic heterocycles. The molecule has 134 valence electrons. The summed E-state index contributed by atoms with van der Waals surface area (Å²) in [7, 11) is 3.07. The maximum absolute atomic E-state index is 12.4. The average Bonchev–Trinajstić information content (AvgIpc) is 3.10. The van der Waals surface area contributed by atoms with E-state index in [9.17, 15) is 4.79 Å². The molecule has 0 atom stereocenters. The highest BCUT2D eigenvalue weighted by atomic mass is 35.5. The number of hydrogen-bond donors (Lipinski definition) is 1. The molecule has 1 amide bonds. The molecule has 1 N–H and O–H groups in total. The summed E-state index contributed by atoms with van der Waals surface area (Å²) in [5.74, 6) is 1.28. The first-order valence-electron chi connectivity index (χ1n) is 7.64. The van der Waals surface area contributed by atoms with Crippen molar-refractivity contribution in [3.05, 3.63) is 47.5 Å². The summed E-state index contributed by atoms with van der Waals surface area (Å²) in [6, 6.07) is 12.2. The van der Waals surface area contributed by atoms with Crippen LogP contribution in [0, 0.1) is 0 Å². The van der Waals surface area contributed by atoms with Gasteiger partial charge in [-0.3, -0.25) is 4.79 Å². The molecule has 0 spiro atoms. The zero-order valence-electron chi connectivity index (χ0n) is 14.1. The summed E-state index contributed by atoms with van der Waals surface area (Å²) in [5, 5.41) is 14.9. The van der Waals surface area contributed by atoms with E-state index in [4.69, 9.17) is 21.1 Å². The van der Waals surface area contributed by atoms with Gasteiger partial charge in [-0.25, -0.2) is 4.68 Å². The third kappa shape index (κ3) is 3.92. The molecule has 3 aromatic rings. The van der Waals surface area contributed by atoms with Crippen LogP contribution in [0.25, 0.3) is 11.4 Å². The average molecular weight is 374 g/mol. The van der Waals surface area contributed by atoms with Crippen molar-refractivity contribution in [2.75, 3.05) is 19.5 Å².